The molecule has 1 aromatic carbocycles. The third-order valence-electron chi connectivity index (χ3n) is 4.02. The van der Waals surface area contributed by atoms with E-state index >= 15 is 0 Å². The second kappa shape index (κ2) is 8.49. The van der Waals surface area contributed by atoms with Gasteiger partial charge in [-0.25, -0.2) is 13.1 Å². The van der Waals surface area contributed by atoms with Gasteiger partial charge in [0.25, 0.3) is 11.1 Å². The first-order chi connectivity index (χ1) is 13.7. The number of rotatable bonds is 6. The molecule has 1 aromatic heterocycles. The standard InChI is InChI=1S/C18H17N3O5S3/c1-11-5-6-12(8-15(11)29(25,26)19-2)20-16(22)10-21-17(23)14(28-18(21)24)9-13-4-3-7-27-13/h3-9,19H,10H2,1-2H3,(H,20,22)/b14-9-. The van der Waals surface area contributed by atoms with Crippen molar-refractivity contribution in [1.29, 1.82) is 0 Å². The van der Waals surface area contributed by atoms with Gasteiger partial charge >= 0.3 is 0 Å². The summed E-state index contributed by atoms with van der Waals surface area (Å²) in [6.07, 6.45) is 1.61. The van der Waals surface area contributed by atoms with E-state index in [1.807, 2.05) is 17.5 Å². The maximum atomic E-state index is 12.5. The Kier molecular flexibility index (Phi) is 6.22. The van der Waals surface area contributed by atoms with Crippen molar-refractivity contribution in [3.05, 3.63) is 51.1 Å². The van der Waals surface area contributed by atoms with Gasteiger partial charge in [-0.1, -0.05) is 12.1 Å². The van der Waals surface area contributed by atoms with Crippen LogP contribution >= 0.6 is 23.1 Å². The lowest BCUT2D eigenvalue weighted by Gasteiger charge is -2.14. The van der Waals surface area contributed by atoms with Crippen LogP contribution in [0.1, 0.15) is 10.4 Å². The van der Waals surface area contributed by atoms with Gasteiger partial charge in [0.1, 0.15) is 6.54 Å². The average Bonchev–Trinajstić information content (AvgIpc) is 3.27. The van der Waals surface area contributed by atoms with Crippen molar-refractivity contribution >= 4 is 61.9 Å². The third kappa shape index (κ3) is 4.75. The largest absolute Gasteiger partial charge is 0.324 e. The predicted molar refractivity (Wildman–Crippen MR) is 113 cm³/mol. The minimum absolute atomic E-state index is 0.0304. The van der Waals surface area contributed by atoms with Crippen LogP contribution in [0.25, 0.3) is 6.08 Å². The van der Waals surface area contributed by atoms with Crippen LogP contribution in [0.2, 0.25) is 0 Å². The first kappa shape index (κ1) is 21.2. The monoisotopic (exact) mass is 451 g/mol. The van der Waals surface area contributed by atoms with Crippen molar-refractivity contribution in [3.63, 3.8) is 0 Å². The van der Waals surface area contributed by atoms with Crippen LogP contribution in [0, 0.1) is 6.92 Å². The maximum absolute atomic E-state index is 12.5. The van der Waals surface area contributed by atoms with Crippen molar-refractivity contribution in [3.8, 4) is 0 Å². The number of imide groups is 1. The molecule has 0 radical (unpaired) electrons. The number of carbonyl (C=O) groups excluding carboxylic acids is 3. The number of aryl methyl sites for hydroxylation is 1. The Morgan fingerprint density at radius 2 is 2.00 bits per heavy atom. The minimum atomic E-state index is -3.69. The lowest BCUT2D eigenvalue weighted by atomic mass is 10.2. The van der Waals surface area contributed by atoms with Crippen LogP contribution in [0.3, 0.4) is 0 Å². The van der Waals surface area contributed by atoms with E-state index in [1.54, 1.807) is 25.1 Å². The van der Waals surface area contributed by atoms with Gasteiger partial charge < -0.3 is 5.32 Å². The molecule has 0 spiro atoms. The van der Waals surface area contributed by atoms with E-state index in [2.05, 4.69) is 10.0 Å². The summed E-state index contributed by atoms with van der Waals surface area (Å²) < 4.78 is 26.3. The van der Waals surface area contributed by atoms with Crippen LogP contribution in [0.15, 0.2) is 45.5 Å². The van der Waals surface area contributed by atoms with Crippen LogP contribution < -0.4 is 10.0 Å². The molecule has 1 aliphatic heterocycles. The number of hydrogen-bond acceptors (Lipinski definition) is 7. The van der Waals surface area contributed by atoms with Crippen LogP contribution in [-0.2, 0) is 19.6 Å². The lowest BCUT2D eigenvalue weighted by molar-refractivity contribution is -0.127. The Morgan fingerprint density at radius 3 is 2.66 bits per heavy atom. The van der Waals surface area contributed by atoms with Crippen molar-refractivity contribution in [1.82, 2.24) is 9.62 Å². The third-order valence-corrected chi connectivity index (χ3v) is 7.31. The zero-order chi connectivity index (χ0) is 21.2. The van der Waals surface area contributed by atoms with E-state index in [0.717, 1.165) is 21.5 Å². The first-order valence-electron chi connectivity index (χ1n) is 8.34. The molecule has 1 aliphatic rings. The average molecular weight is 452 g/mol. The van der Waals surface area contributed by atoms with Gasteiger partial charge in [0.15, 0.2) is 0 Å². The highest BCUT2D eigenvalue weighted by atomic mass is 32.2. The smallest absolute Gasteiger partial charge is 0.294 e. The molecule has 2 N–H and O–H groups in total. The summed E-state index contributed by atoms with van der Waals surface area (Å²) in [6.45, 7) is 1.17. The number of thiophene rings is 1. The predicted octanol–water partition coefficient (Wildman–Crippen LogP) is 2.64. The van der Waals surface area contributed by atoms with Gasteiger partial charge in [0.05, 0.1) is 9.80 Å². The molecule has 29 heavy (non-hydrogen) atoms. The van der Waals surface area contributed by atoms with Crippen LogP contribution in [0.5, 0.6) is 0 Å². The Hall–Kier alpha value is -2.47. The Balaban J connectivity index is 1.72. The molecular formula is C18H17N3O5S3. The number of anilines is 1. The first-order valence-corrected chi connectivity index (χ1v) is 11.5. The van der Waals surface area contributed by atoms with Crippen molar-refractivity contribution < 1.29 is 22.8 Å². The molecule has 8 nitrogen and oxygen atoms in total. The summed E-state index contributed by atoms with van der Waals surface area (Å²) in [7, 11) is -2.39. The Labute approximate surface area is 176 Å². The number of carbonyl (C=O) groups is 3. The van der Waals surface area contributed by atoms with E-state index in [0.29, 0.717) is 5.56 Å². The van der Waals surface area contributed by atoms with Crippen molar-refractivity contribution in [2.45, 2.75) is 11.8 Å². The molecule has 3 amide bonds. The fourth-order valence-electron chi connectivity index (χ4n) is 2.56. The molecule has 0 aliphatic carbocycles. The quantitative estimate of drug-likeness (QED) is 0.653. The number of thioether (sulfide) groups is 1. The molecule has 0 unspecified atom stereocenters. The normalized spacial score (nSPS) is 15.9. The summed E-state index contributed by atoms with van der Waals surface area (Å²) in [5.41, 5.74) is 0.762. The maximum Gasteiger partial charge on any atom is 0.294 e. The number of benzene rings is 1. The second-order valence-electron chi connectivity index (χ2n) is 6.02. The van der Waals surface area contributed by atoms with Crippen molar-refractivity contribution in [2.24, 2.45) is 0 Å². The van der Waals surface area contributed by atoms with Gasteiger partial charge in [-0.3, -0.25) is 19.3 Å². The van der Waals surface area contributed by atoms with Crippen LogP contribution in [0.4, 0.5) is 10.5 Å². The highest BCUT2D eigenvalue weighted by Crippen LogP contribution is 2.32. The summed E-state index contributed by atoms with van der Waals surface area (Å²) in [6, 6.07) is 8.08. The minimum Gasteiger partial charge on any atom is -0.324 e. The highest BCUT2D eigenvalue weighted by Gasteiger charge is 2.36. The second-order valence-corrected chi connectivity index (χ2v) is 9.85. The van der Waals surface area contributed by atoms with Crippen LogP contribution in [-0.4, -0.2) is 44.0 Å². The topological polar surface area (TPSA) is 113 Å². The molecule has 11 heteroatoms. The molecule has 1 fully saturated rings. The number of sulfonamides is 1. The molecular weight excluding hydrogens is 434 g/mol. The summed E-state index contributed by atoms with van der Waals surface area (Å²) in [5, 5.41) is 3.85. The number of nitrogens with zero attached hydrogens (tertiary/aromatic N) is 1. The van der Waals surface area contributed by atoms with E-state index in [-0.39, 0.29) is 15.5 Å². The van der Waals surface area contributed by atoms with Crippen molar-refractivity contribution in [2.75, 3.05) is 18.9 Å². The zero-order valence-corrected chi connectivity index (χ0v) is 17.9. The van der Waals surface area contributed by atoms with Gasteiger partial charge in [-0.15, -0.1) is 11.3 Å². The summed E-state index contributed by atoms with van der Waals surface area (Å²) in [5.74, 6) is -1.15. The van der Waals surface area contributed by atoms with Gasteiger partial charge in [0, 0.05) is 10.6 Å². The zero-order valence-electron chi connectivity index (χ0n) is 15.5. The van der Waals surface area contributed by atoms with Gasteiger partial charge in [-0.2, -0.15) is 0 Å². The number of nitrogens with one attached hydrogen (secondary N) is 2. The lowest BCUT2D eigenvalue weighted by Crippen LogP contribution is -2.36. The van der Waals surface area contributed by atoms with E-state index in [1.165, 1.54) is 24.5 Å². The SMILES string of the molecule is CNS(=O)(=O)c1cc(NC(=O)CN2C(=O)S/C(=C\c3cccs3)C2=O)ccc1C. The highest BCUT2D eigenvalue weighted by molar-refractivity contribution is 8.18. The van der Waals surface area contributed by atoms with E-state index < -0.39 is 33.6 Å². The Bertz CT molecular complexity index is 1110. The fourth-order valence-corrected chi connectivity index (χ4v) is 5.12. The molecule has 2 heterocycles. The van der Waals surface area contributed by atoms with Gasteiger partial charge in [0.2, 0.25) is 15.9 Å². The molecule has 0 atom stereocenters. The molecule has 1 saturated heterocycles. The summed E-state index contributed by atoms with van der Waals surface area (Å²) >= 11 is 2.21. The molecule has 2 aromatic rings. The molecule has 0 saturated carbocycles. The van der Waals surface area contributed by atoms with E-state index in [4.69, 9.17) is 0 Å². The van der Waals surface area contributed by atoms with Gasteiger partial charge in [-0.05, 0) is 61.0 Å². The molecule has 0 bridgehead atoms. The molecule has 152 valence electrons. The Morgan fingerprint density at radius 1 is 1.24 bits per heavy atom. The number of amides is 3. The summed E-state index contributed by atoms with van der Waals surface area (Å²) in [4.78, 5) is 38.9. The number of hydrogen-bond donors (Lipinski definition) is 2. The fraction of sp³-hybridized carbons (Fsp3) is 0.167. The molecule has 3 rings (SSSR count). The van der Waals surface area contributed by atoms with E-state index in [9.17, 15) is 22.8 Å².